The predicted molar refractivity (Wildman–Crippen MR) is 134 cm³/mol. The zero-order valence-corrected chi connectivity index (χ0v) is 20.0. The van der Waals surface area contributed by atoms with Crippen LogP contribution in [-0.2, 0) is 24.1 Å². The first-order valence-electron chi connectivity index (χ1n) is 12.5. The van der Waals surface area contributed by atoms with Crippen LogP contribution in [0.2, 0.25) is 0 Å². The van der Waals surface area contributed by atoms with Gasteiger partial charge in [0.25, 0.3) is 0 Å². The van der Waals surface area contributed by atoms with Gasteiger partial charge in [-0.1, -0.05) is 48.2 Å². The summed E-state index contributed by atoms with van der Waals surface area (Å²) in [5.41, 5.74) is 5.43. The Balaban J connectivity index is 1.33. The lowest BCUT2D eigenvalue weighted by atomic mass is 9.95. The van der Waals surface area contributed by atoms with Crippen molar-refractivity contribution < 1.29 is 9.84 Å². The number of nitrogens with zero attached hydrogens (tertiary/aromatic N) is 2. The molecule has 4 heteroatoms. The van der Waals surface area contributed by atoms with Gasteiger partial charge in [0, 0.05) is 51.3 Å². The summed E-state index contributed by atoms with van der Waals surface area (Å²) in [5, 5.41) is 8.89. The van der Waals surface area contributed by atoms with Crippen LogP contribution in [0.1, 0.15) is 41.5 Å². The van der Waals surface area contributed by atoms with Crippen molar-refractivity contribution in [2.45, 2.75) is 44.7 Å². The van der Waals surface area contributed by atoms with Gasteiger partial charge in [0.2, 0.25) is 0 Å². The summed E-state index contributed by atoms with van der Waals surface area (Å²) < 4.78 is 5.42. The first-order valence-corrected chi connectivity index (χ1v) is 12.5. The van der Waals surface area contributed by atoms with Gasteiger partial charge in [-0.2, -0.15) is 0 Å². The molecule has 4 rings (SSSR count). The minimum atomic E-state index is 0.117. The molecule has 1 heterocycles. The Labute approximate surface area is 199 Å². The lowest BCUT2D eigenvalue weighted by Gasteiger charge is -2.38. The molecule has 0 radical (unpaired) electrons. The molecule has 2 aliphatic rings. The first kappa shape index (κ1) is 24.0. The molecule has 0 spiro atoms. The Kier molecular flexibility index (Phi) is 8.97. The fraction of sp³-hybridized carbons (Fsp3) is 0.517. The molecule has 4 nitrogen and oxygen atoms in total. The largest absolute Gasteiger partial charge is 0.395 e. The van der Waals surface area contributed by atoms with Crippen molar-refractivity contribution in [3.05, 3.63) is 70.8 Å². The summed E-state index contributed by atoms with van der Waals surface area (Å²) in [6.45, 7) is 6.36. The maximum atomic E-state index is 8.89. The van der Waals surface area contributed by atoms with Crippen LogP contribution >= 0.6 is 0 Å². The number of likely N-dealkylation sites (tertiary alicyclic amines) is 1. The molecule has 0 unspecified atom stereocenters. The van der Waals surface area contributed by atoms with Crippen molar-refractivity contribution in [3.63, 3.8) is 0 Å². The second-order valence-corrected chi connectivity index (χ2v) is 9.53. The van der Waals surface area contributed by atoms with E-state index in [4.69, 9.17) is 9.84 Å². The fourth-order valence-corrected chi connectivity index (χ4v) is 5.36. The van der Waals surface area contributed by atoms with Gasteiger partial charge in [0.1, 0.15) is 0 Å². The van der Waals surface area contributed by atoms with Gasteiger partial charge < -0.3 is 9.84 Å². The van der Waals surface area contributed by atoms with E-state index in [2.05, 4.69) is 70.2 Å². The SMILES string of the molecule is COCCN(Cc1ccc(C#CCCO)cc1)C[C@@H]1CCCN(C2Cc3ccccc3C2)C1. The summed E-state index contributed by atoms with van der Waals surface area (Å²) in [6, 6.07) is 18.2. The van der Waals surface area contributed by atoms with Crippen molar-refractivity contribution in [2.24, 2.45) is 5.92 Å². The fourth-order valence-electron chi connectivity index (χ4n) is 5.36. The van der Waals surface area contributed by atoms with Gasteiger partial charge in [-0.25, -0.2) is 0 Å². The highest BCUT2D eigenvalue weighted by Crippen LogP contribution is 2.29. The van der Waals surface area contributed by atoms with Gasteiger partial charge >= 0.3 is 0 Å². The molecule has 1 atom stereocenters. The number of ether oxygens (including phenoxy) is 1. The smallest absolute Gasteiger partial charge is 0.0589 e. The van der Waals surface area contributed by atoms with Crippen LogP contribution in [0.3, 0.4) is 0 Å². The van der Waals surface area contributed by atoms with Gasteiger partial charge in [-0.3, -0.25) is 9.80 Å². The molecular weight excluding hydrogens is 408 g/mol. The summed E-state index contributed by atoms with van der Waals surface area (Å²) >= 11 is 0. The number of aliphatic hydroxyl groups is 1. The molecule has 2 aromatic carbocycles. The number of piperidine rings is 1. The molecule has 1 aliphatic heterocycles. The van der Waals surface area contributed by atoms with Crippen LogP contribution in [0.25, 0.3) is 0 Å². The first-order chi connectivity index (χ1) is 16.2. The third-order valence-electron chi connectivity index (χ3n) is 7.05. The van der Waals surface area contributed by atoms with Crippen LogP contribution in [-0.4, -0.2) is 67.5 Å². The third-order valence-corrected chi connectivity index (χ3v) is 7.05. The van der Waals surface area contributed by atoms with Crippen LogP contribution in [0.5, 0.6) is 0 Å². The second kappa shape index (κ2) is 12.3. The third kappa shape index (κ3) is 6.91. The van der Waals surface area contributed by atoms with Crippen molar-refractivity contribution in [1.29, 1.82) is 0 Å². The molecule has 176 valence electrons. The van der Waals surface area contributed by atoms with Crippen molar-refractivity contribution in [3.8, 4) is 11.8 Å². The van der Waals surface area contributed by atoms with Gasteiger partial charge in [-0.15, -0.1) is 0 Å². The Bertz CT molecular complexity index is 906. The average molecular weight is 447 g/mol. The van der Waals surface area contributed by atoms with Gasteiger partial charge in [0.15, 0.2) is 0 Å². The molecule has 1 N–H and O–H groups in total. The van der Waals surface area contributed by atoms with E-state index in [1.807, 2.05) is 0 Å². The molecular formula is C29H38N2O2. The van der Waals surface area contributed by atoms with E-state index in [0.717, 1.165) is 31.8 Å². The highest BCUT2D eigenvalue weighted by atomic mass is 16.5. The molecule has 0 amide bonds. The minimum absolute atomic E-state index is 0.117. The molecule has 0 bridgehead atoms. The van der Waals surface area contributed by atoms with Crippen LogP contribution < -0.4 is 0 Å². The minimum Gasteiger partial charge on any atom is -0.395 e. The lowest BCUT2D eigenvalue weighted by Crippen LogP contribution is -2.46. The lowest BCUT2D eigenvalue weighted by molar-refractivity contribution is 0.0844. The quantitative estimate of drug-likeness (QED) is 0.595. The van der Waals surface area contributed by atoms with E-state index < -0.39 is 0 Å². The number of aliphatic hydroxyl groups excluding tert-OH is 1. The number of hydrogen-bond acceptors (Lipinski definition) is 4. The van der Waals surface area contributed by atoms with E-state index in [9.17, 15) is 0 Å². The topological polar surface area (TPSA) is 35.9 Å². The van der Waals surface area contributed by atoms with E-state index in [-0.39, 0.29) is 6.61 Å². The highest BCUT2D eigenvalue weighted by molar-refractivity contribution is 5.36. The number of hydrogen-bond donors (Lipinski definition) is 1. The van der Waals surface area contributed by atoms with E-state index in [0.29, 0.717) is 18.4 Å². The molecule has 0 aromatic heterocycles. The monoisotopic (exact) mass is 446 g/mol. The maximum absolute atomic E-state index is 8.89. The summed E-state index contributed by atoms with van der Waals surface area (Å²) in [7, 11) is 1.79. The van der Waals surface area contributed by atoms with E-state index >= 15 is 0 Å². The zero-order chi connectivity index (χ0) is 22.9. The van der Waals surface area contributed by atoms with Crippen molar-refractivity contribution in [2.75, 3.05) is 46.5 Å². The number of fused-ring (bicyclic) bond motifs is 1. The zero-order valence-electron chi connectivity index (χ0n) is 20.0. The molecule has 1 fully saturated rings. The molecule has 33 heavy (non-hydrogen) atoms. The standard InChI is InChI=1S/C29H38N2O2/c1-33-18-16-30(21-25-13-11-24(12-14-25)7-4-5-17-32)22-26-8-6-15-31(23-26)29-19-27-9-2-3-10-28(27)20-29/h2-3,9-14,26,29,32H,5-6,8,15-23H2,1H3/t26-/m0/s1. The number of methoxy groups -OCH3 is 1. The van der Waals surface area contributed by atoms with Crippen molar-refractivity contribution in [1.82, 2.24) is 9.80 Å². The van der Waals surface area contributed by atoms with Gasteiger partial charge in [0.05, 0.1) is 13.2 Å². The molecule has 1 aliphatic carbocycles. The van der Waals surface area contributed by atoms with E-state index in [1.54, 1.807) is 18.2 Å². The second-order valence-electron chi connectivity index (χ2n) is 9.53. The summed E-state index contributed by atoms with van der Waals surface area (Å²) in [4.78, 5) is 5.33. The molecule has 2 aromatic rings. The van der Waals surface area contributed by atoms with Crippen LogP contribution in [0.4, 0.5) is 0 Å². The Morgan fingerprint density at radius 3 is 2.55 bits per heavy atom. The number of rotatable bonds is 9. The average Bonchev–Trinajstić information content (AvgIpc) is 3.28. The van der Waals surface area contributed by atoms with Crippen molar-refractivity contribution >= 4 is 0 Å². The Morgan fingerprint density at radius 1 is 1.09 bits per heavy atom. The van der Waals surface area contributed by atoms with Gasteiger partial charge in [-0.05, 0) is 67.0 Å². The normalized spacial score (nSPS) is 18.8. The molecule has 0 saturated carbocycles. The summed E-state index contributed by atoms with van der Waals surface area (Å²) in [5.74, 6) is 6.82. The highest BCUT2D eigenvalue weighted by Gasteiger charge is 2.30. The van der Waals surface area contributed by atoms with E-state index in [1.165, 1.54) is 44.3 Å². The predicted octanol–water partition coefficient (Wildman–Crippen LogP) is 3.75. The Hall–Kier alpha value is -2.16. The van der Waals surface area contributed by atoms with Crippen LogP contribution in [0, 0.1) is 17.8 Å². The Morgan fingerprint density at radius 2 is 1.85 bits per heavy atom. The number of benzene rings is 2. The maximum Gasteiger partial charge on any atom is 0.0589 e. The molecule has 1 saturated heterocycles. The summed E-state index contributed by atoms with van der Waals surface area (Å²) in [6.07, 6.45) is 5.57. The van der Waals surface area contributed by atoms with Crippen LogP contribution in [0.15, 0.2) is 48.5 Å².